The molecule has 4 heteroatoms. The summed E-state index contributed by atoms with van der Waals surface area (Å²) < 4.78 is 0. The van der Waals surface area contributed by atoms with Gasteiger partial charge in [-0.2, -0.15) is 0 Å². The van der Waals surface area contributed by atoms with Gasteiger partial charge in [-0.3, -0.25) is 4.79 Å². The molecule has 2 atom stereocenters. The number of amides is 1. The number of carbonyl (C=O) groups excluding carboxylic acids is 1. The standard InChI is InChI=1S/C16H22N2O.ClH/c1-11(14-9-17-10-14)16(19)18-15(13-7-8-13)12-5-3-2-4-6-12;/h2-6,11,13-15,17H,7-10H2,1H3,(H,18,19);1H. The third-order valence-electron chi connectivity index (χ3n) is 4.48. The van der Waals surface area contributed by atoms with Crippen LogP contribution in [0.1, 0.15) is 31.4 Å². The number of carbonyl (C=O) groups is 1. The maximum Gasteiger partial charge on any atom is 0.223 e. The van der Waals surface area contributed by atoms with Crippen LogP contribution >= 0.6 is 12.4 Å². The van der Waals surface area contributed by atoms with Crippen molar-refractivity contribution in [3.8, 4) is 0 Å². The Morgan fingerprint density at radius 3 is 2.35 bits per heavy atom. The molecule has 1 aromatic carbocycles. The van der Waals surface area contributed by atoms with Gasteiger partial charge in [-0.25, -0.2) is 0 Å². The summed E-state index contributed by atoms with van der Waals surface area (Å²) in [5, 5.41) is 6.51. The number of halogens is 1. The number of hydrogen-bond acceptors (Lipinski definition) is 2. The van der Waals surface area contributed by atoms with E-state index in [-0.39, 0.29) is 30.3 Å². The molecule has 1 aromatic rings. The molecule has 0 radical (unpaired) electrons. The predicted octanol–water partition coefficient (Wildman–Crippen LogP) is 2.53. The molecule has 110 valence electrons. The first-order valence-electron chi connectivity index (χ1n) is 7.31. The minimum atomic E-state index is 0. The van der Waals surface area contributed by atoms with Crippen LogP contribution < -0.4 is 10.6 Å². The Bertz CT molecular complexity index is 443. The van der Waals surface area contributed by atoms with Crippen LogP contribution in [0, 0.1) is 17.8 Å². The van der Waals surface area contributed by atoms with Gasteiger partial charge in [0, 0.05) is 5.92 Å². The monoisotopic (exact) mass is 294 g/mol. The molecule has 1 amide bonds. The first-order valence-corrected chi connectivity index (χ1v) is 7.31. The van der Waals surface area contributed by atoms with E-state index in [1.807, 2.05) is 6.07 Å². The molecule has 3 rings (SSSR count). The molecule has 20 heavy (non-hydrogen) atoms. The topological polar surface area (TPSA) is 41.1 Å². The highest BCUT2D eigenvalue weighted by Gasteiger charge is 2.36. The largest absolute Gasteiger partial charge is 0.349 e. The Morgan fingerprint density at radius 1 is 1.20 bits per heavy atom. The summed E-state index contributed by atoms with van der Waals surface area (Å²) in [6, 6.07) is 10.6. The van der Waals surface area contributed by atoms with Gasteiger partial charge >= 0.3 is 0 Å². The third kappa shape index (κ3) is 3.33. The van der Waals surface area contributed by atoms with E-state index in [0.29, 0.717) is 11.8 Å². The number of benzene rings is 1. The average molecular weight is 295 g/mol. The van der Waals surface area contributed by atoms with Gasteiger partial charge in [0.05, 0.1) is 6.04 Å². The summed E-state index contributed by atoms with van der Waals surface area (Å²) in [5.74, 6) is 1.48. The van der Waals surface area contributed by atoms with E-state index in [1.165, 1.54) is 18.4 Å². The highest BCUT2D eigenvalue weighted by atomic mass is 35.5. The Morgan fingerprint density at radius 2 is 1.85 bits per heavy atom. The molecule has 2 N–H and O–H groups in total. The van der Waals surface area contributed by atoms with Gasteiger partial charge in [-0.1, -0.05) is 37.3 Å². The summed E-state index contributed by atoms with van der Waals surface area (Å²) in [4.78, 5) is 12.4. The zero-order valence-corrected chi connectivity index (χ0v) is 12.7. The van der Waals surface area contributed by atoms with Crippen LogP contribution in [-0.4, -0.2) is 19.0 Å². The minimum Gasteiger partial charge on any atom is -0.349 e. The molecule has 0 spiro atoms. The summed E-state index contributed by atoms with van der Waals surface area (Å²) in [5.41, 5.74) is 1.25. The molecule has 1 saturated heterocycles. The lowest BCUT2D eigenvalue weighted by Gasteiger charge is -2.33. The summed E-state index contributed by atoms with van der Waals surface area (Å²) in [6.45, 7) is 4.01. The summed E-state index contributed by atoms with van der Waals surface area (Å²) >= 11 is 0. The van der Waals surface area contributed by atoms with Crippen molar-refractivity contribution in [1.29, 1.82) is 0 Å². The second-order valence-electron chi connectivity index (χ2n) is 5.94. The quantitative estimate of drug-likeness (QED) is 0.876. The van der Waals surface area contributed by atoms with Gasteiger partial charge in [0.25, 0.3) is 0 Å². The van der Waals surface area contributed by atoms with Gasteiger partial charge in [-0.05, 0) is 43.3 Å². The van der Waals surface area contributed by atoms with Crippen molar-refractivity contribution in [2.45, 2.75) is 25.8 Å². The second-order valence-corrected chi connectivity index (χ2v) is 5.94. The summed E-state index contributed by atoms with van der Waals surface area (Å²) in [7, 11) is 0. The van der Waals surface area contributed by atoms with Gasteiger partial charge in [0.1, 0.15) is 0 Å². The van der Waals surface area contributed by atoms with E-state index in [2.05, 4.69) is 41.8 Å². The number of hydrogen-bond donors (Lipinski definition) is 2. The fourth-order valence-electron chi connectivity index (χ4n) is 2.73. The van der Waals surface area contributed by atoms with E-state index in [4.69, 9.17) is 0 Å². The van der Waals surface area contributed by atoms with E-state index in [0.717, 1.165) is 13.1 Å². The molecule has 2 unspecified atom stereocenters. The zero-order chi connectivity index (χ0) is 13.2. The van der Waals surface area contributed by atoms with Crippen molar-refractivity contribution in [3.05, 3.63) is 35.9 Å². The highest BCUT2D eigenvalue weighted by Crippen LogP contribution is 2.41. The molecular weight excluding hydrogens is 272 g/mol. The normalized spacial score (nSPS) is 21.2. The zero-order valence-electron chi connectivity index (χ0n) is 11.8. The van der Waals surface area contributed by atoms with Crippen LogP contribution in [0.5, 0.6) is 0 Å². The molecule has 0 bridgehead atoms. The Balaban J connectivity index is 0.00000147. The molecule has 1 aliphatic carbocycles. The Kier molecular flexibility index (Phi) is 5.06. The maximum atomic E-state index is 12.4. The predicted molar refractivity (Wildman–Crippen MR) is 82.8 cm³/mol. The molecule has 2 aliphatic rings. The lowest BCUT2D eigenvalue weighted by molar-refractivity contribution is -0.127. The molecule has 2 fully saturated rings. The van der Waals surface area contributed by atoms with Crippen LogP contribution in [0.4, 0.5) is 0 Å². The van der Waals surface area contributed by atoms with Gasteiger partial charge in [-0.15, -0.1) is 12.4 Å². The fourth-order valence-corrected chi connectivity index (χ4v) is 2.73. The summed E-state index contributed by atoms with van der Waals surface area (Å²) in [6.07, 6.45) is 2.47. The van der Waals surface area contributed by atoms with Crippen LogP contribution in [0.2, 0.25) is 0 Å². The van der Waals surface area contributed by atoms with E-state index in [1.54, 1.807) is 0 Å². The SMILES string of the molecule is CC(C(=O)NC(c1ccccc1)C1CC1)C1CNC1.Cl. The highest BCUT2D eigenvalue weighted by molar-refractivity contribution is 5.85. The van der Waals surface area contributed by atoms with E-state index in [9.17, 15) is 4.79 Å². The number of rotatable bonds is 5. The molecule has 0 aromatic heterocycles. The van der Waals surface area contributed by atoms with E-state index < -0.39 is 0 Å². The maximum absolute atomic E-state index is 12.4. The van der Waals surface area contributed by atoms with Crippen molar-refractivity contribution in [2.75, 3.05) is 13.1 Å². The second kappa shape index (κ2) is 6.59. The minimum absolute atomic E-state index is 0. The van der Waals surface area contributed by atoms with Crippen LogP contribution in [-0.2, 0) is 4.79 Å². The number of nitrogens with one attached hydrogen (secondary N) is 2. The van der Waals surface area contributed by atoms with Crippen molar-refractivity contribution in [2.24, 2.45) is 17.8 Å². The molecular formula is C16H23ClN2O. The lowest BCUT2D eigenvalue weighted by Crippen LogP contribution is -2.50. The molecule has 1 saturated carbocycles. The lowest BCUT2D eigenvalue weighted by atomic mass is 9.88. The first kappa shape index (κ1) is 15.3. The van der Waals surface area contributed by atoms with Gasteiger partial charge in [0.2, 0.25) is 5.91 Å². The van der Waals surface area contributed by atoms with Crippen molar-refractivity contribution >= 4 is 18.3 Å². The smallest absolute Gasteiger partial charge is 0.223 e. The van der Waals surface area contributed by atoms with Crippen molar-refractivity contribution in [1.82, 2.24) is 10.6 Å². The average Bonchev–Trinajstić information content (AvgIpc) is 3.18. The molecule has 1 aliphatic heterocycles. The van der Waals surface area contributed by atoms with Crippen LogP contribution in [0.15, 0.2) is 30.3 Å². The van der Waals surface area contributed by atoms with E-state index >= 15 is 0 Å². The third-order valence-corrected chi connectivity index (χ3v) is 4.48. The Hall–Kier alpha value is -1.06. The van der Waals surface area contributed by atoms with Crippen LogP contribution in [0.3, 0.4) is 0 Å². The van der Waals surface area contributed by atoms with Crippen molar-refractivity contribution in [3.63, 3.8) is 0 Å². The molecule has 1 heterocycles. The molecule has 3 nitrogen and oxygen atoms in total. The van der Waals surface area contributed by atoms with Gasteiger partial charge < -0.3 is 10.6 Å². The first-order chi connectivity index (χ1) is 9.25. The van der Waals surface area contributed by atoms with Crippen LogP contribution in [0.25, 0.3) is 0 Å². The van der Waals surface area contributed by atoms with Crippen molar-refractivity contribution < 1.29 is 4.79 Å². The fraction of sp³-hybridized carbons (Fsp3) is 0.562. The van der Waals surface area contributed by atoms with Gasteiger partial charge in [0.15, 0.2) is 0 Å². The Labute approximate surface area is 126 Å².